The largest absolute Gasteiger partial charge is 0.439 e. The van der Waals surface area contributed by atoms with Gasteiger partial charge in [-0.25, -0.2) is 31.7 Å². The molecule has 0 bridgehead atoms. The fraction of sp³-hybridized carbons (Fsp3) is 0. The molecule has 9 nitrogen and oxygen atoms in total. The zero-order valence-corrected chi connectivity index (χ0v) is 18.6. The summed E-state index contributed by atoms with van der Waals surface area (Å²) in [4.78, 5) is 8.34. The lowest BCUT2D eigenvalue weighted by atomic mass is 10.1. The molecule has 0 saturated heterocycles. The van der Waals surface area contributed by atoms with E-state index in [1.807, 2.05) is 6.07 Å². The Morgan fingerprint density at radius 3 is 2.03 bits per heavy atom. The number of aromatic nitrogens is 2. The number of anilines is 1. The number of para-hydroxylation sites is 1. The topological polar surface area (TPSA) is 141 Å². The first-order chi connectivity index (χ1) is 15.7. The minimum absolute atomic E-state index is 0.0285. The molecule has 33 heavy (non-hydrogen) atoms. The van der Waals surface area contributed by atoms with Crippen LogP contribution in [0.1, 0.15) is 0 Å². The highest BCUT2D eigenvalue weighted by Gasteiger charge is 2.18. The predicted molar refractivity (Wildman–Crippen MR) is 123 cm³/mol. The van der Waals surface area contributed by atoms with Crippen molar-refractivity contribution in [3.63, 3.8) is 0 Å². The molecule has 0 aliphatic carbocycles. The Kier molecular flexibility index (Phi) is 6.09. The highest BCUT2D eigenvalue weighted by atomic mass is 32.2. The summed E-state index contributed by atoms with van der Waals surface area (Å²) in [7, 11) is -7.93. The second-order valence-electron chi connectivity index (χ2n) is 6.82. The summed E-state index contributed by atoms with van der Waals surface area (Å²) in [5, 5.41) is 5.24. The second-order valence-corrected chi connectivity index (χ2v) is 10.1. The molecule has 0 spiro atoms. The molecule has 0 aliphatic rings. The Labute approximate surface area is 191 Å². The van der Waals surface area contributed by atoms with Gasteiger partial charge >= 0.3 is 0 Å². The quantitative estimate of drug-likeness (QED) is 0.411. The van der Waals surface area contributed by atoms with Crippen LogP contribution in [0.2, 0.25) is 0 Å². The van der Waals surface area contributed by atoms with Gasteiger partial charge in [-0.1, -0.05) is 48.5 Å². The van der Waals surface area contributed by atoms with E-state index in [9.17, 15) is 16.8 Å². The van der Waals surface area contributed by atoms with E-state index in [0.29, 0.717) is 11.3 Å². The summed E-state index contributed by atoms with van der Waals surface area (Å²) in [6.07, 6.45) is 0. The molecule has 4 aromatic rings. The van der Waals surface area contributed by atoms with E-state index in [4.69, 9.17) is 9.88 Å². The standard InChI is InChI=1S/C22H18N4O5S2/c23-32(27,28)19-13-7-8-16(14-19)20-15-21(31-17-9-3-1-4-10-17)25-22(24-20)26-33(29,30)18-11-5-2-6-12-18/h1-15H,(H2,23,27,28)(H,24,25,26). The third kappa shape index (κ3) is 5.52. The van der Waals surface area contributed by atoms with Gasteiger partial charge in [-0.2, -0.15) is 4.98 Å². The van der Waals surface area contributed by atoms with Gasteiger partial charge in [0.05, 0.1) is 15.5 Å². The fourth-order valence-electron chi connectivity index (χ4n) is 2.89. The molecule has 0 amide bonds. The van der Waals surface area contributed by atoms with Crippen molar-refractivity contribution in [2.24, 2.45) is 5.14 Å². The number of benzene rings is 3. The number of hydrogen-bond acceptors (Lipinski definition) is 7. The van der Waals surface area contributed by atoms with Crippen molar-refractivity contribution in [1.29, 1.82) is 0 Å². The van der Waals surface area contributed by atoms with Crippen LogP contribution in [0.4, 0.5) is 5.95 Å². The molecular formula is C22H18N4O5S2. The number of sulfonamides is 2. The maximum absolute atomic E-state index is 12.8. The van der Waals surface area contributed by atoms with Crippen molar-refractivity contribution in [1.82, 2.24) is 9.97 Å². The minimum atomic E-state index is -3.98. The molecule has 3 aromatic carbocycles. The maximum atomic E-state index is 12.8. The van der Waals surface area contributed by atoms with Crippen LogP contribution in [0.3, 0.4) is 0 Å². The van der Waals surface area contributed by atoms with Crippen molar-refractivity contribution in [2.45, 2.75) is 9.79 Å². The summed E-state index contributed by atoms with van der Waals surface area (Å²) in [6, 6.07) is 23.8. The van der Waals surface area contributed by atoms with Gasteiger partial charge < -0.3 is 4.74 Å². The van der Waals surface area contributed by atoms with Crippen LogP contribution >= 0.6 is 0 Å². The molecule has 3 N–H and O–H groups in total. The van der Waals surface area contributed by atoms with Gasteiger partial charge in [0.25, 0.3) is 10.0 Å². The summed E-state index contributed by atoms with van der Waals surface area (Å²) in [5.41, 5.74) is 0.606. The minimum Gasteiger partial charge on any atom is -0.439 e. The molecule has 1 heterocycles. The zero-order chi connectivity index (χ0) is 23.5. The Balaban J connectivity index is 1.79. The Morgan fingerprint density at radius 1 is 0.727 bits per heavy atom. The lowest BCUT2D eigenvalue weighted by Gasteiger charge is -2.12. The van der Waals surface area contributed by atoms with Crippen molar-refractivity contribution >= 4 is 26.0 Å². The molecule has 0 radical (unpaired) electrons. The van der Waals surface area contributed by atoms with Crippen molar-refractivity contribution in [2.75, 3.05) is 4.72 Å². The first-order valence-corrected chi connectivity index (χ1v) is 12.6. The number of nitrogens with one attached hydrogen (secondary N) is 1. The van der Waals surface area contributed by atoms with Gasteiger partial charge in [0.2, 0.25) is 21.9 Å². The van der Waals surface area contributed by atoms with Gasteiger partial charge in [0, 0.05) is 11.6 Å². The van der Waals surface area contributed by atoms with Crippen LogP contribution < -0.4 is 14.6 Å². The fourth-order valence-corrected chi connectivity index (χ4v) is 4.42. The molecule has 0 saturated carbocycles. The van der Waals surface area contributed by atoms with E-state index < -0.39 is 20.0 Å². The smallest absolute Gasteiger partial charge is 0.264 e. The third-order valence-corrected chi connectivity index (χ3v) is 6.66. The van der Waals surface area contributed by atoms with Crippen molar-refractivity contribution < 1.29 is 21.6 Å². The van der Waals surface area contributed by atoms with Crippen LogP contribution in [0.25, 0.3) is 11.3 Å². The zero-order valence-electron chi connectivity index (χ0n) is 17.0. The van der Waals surface area contributed by atoms with Crippen molar-refractivity contribution in [3.05, 3.63) is 91.0 Å². The van der Waals surface area contributed by atoms with Crippen molar-refractivity contribution in [3.8, 4) is 22.9 Å². The van der Waals surface area contributed by atoms with Crippen LogP contribution in [0.15, 0.2) is 101 Å². The SMILES string of the molecule is NS(=O)(=O)c1cccc(-c2cc(Oc3ccccc3)nc(NS(=O)(=O)c3ccccc3)n2)c1. The normalized spacial score (nSPS) is 11.7. The van der Waals surface area contributed by atoms with Crippen LogP contribution in [-0.4, -0.2) is 26.8 Å². The van der Waals surface area contributed by atoms with E-state index in [0.717, 1.165) is 0 Å². The molecule has 168 valence electrons. The molecule has 1 aromatic heterocycles. The predicted octanol–water partition coefficient (Wildman–Crippen LogP) is 3.38. The Bertz CT molecular complexity index is 1490. The molecule has 0 atom stereocenters. The van der Waals surface area contributed by atoms with Gasteiger partial charge in [-0.15, -0.1) is 0 Å². The maximum Gasteiger partial charge on any atom is 0.264 e. The lowest BCUT2D eigenvalue weighted by molar-refractivity contribution is 0.463. The van der Waals surface area contributed by atoms with E-state index in [-0.39, 0.29) is 27.3 Å². The van der Waals surface area contributed by atoms with Crippen LogP contribution in [-0.2, 0) is 20.0 Å². The highest BCUT2D eigenvalue weighted by Crippen LogP contribution is 2.28. The number of ether oxygens (including phenoxy) is 1. The number of rotatable bonds is 7. The molecule has 0 fully saturated rings. The van der Waals surface area contributed by atoms with Gasteiger partial charge in [0.1, 0.15) is 5.75 Å². The molecular weight excluding hydrogens is 464 g/mol. The average Bonchev–Trinajstić information content (AvgIpc) is 2.79. The van der Waals surface area contributed by atoms with E-state index >= 15 is 0 Å². The number of primary sulfonamides is 1. The molecule has 0 unspecified atom stereocenters. The van der Waals surface area contributed by atoms with E-state index in [1.54, 1.807) is 48.5 Å². The van der Waals surface area contributed by atoms with Gasteiger partial charge in [-0.3, -0.25) is 0 Å². The van der Waals surface area contributed by atoms with E-state index in [2.05, 4.69) is 14.7 Å². The van der Waals surface area contributed by atoms with Crippen LogP contribution in [0, 0.1) is 0 Å². The third-order valence-electron chi connectivity index (χ3n) is 4.41. The summed E-state index contributed by atoms with van der Waals surface area (Å²) < 4.78 is 57.2. The van der Waals surface area contributed by atoms with Crippen LogP contribution in [0.5, 0.6) is 11.6 Å². The molecule has 0 aliphatic heterocycles. The number of hydrogen-bond donors (Lipinski definition) is 2. The first kappa shape index (κ1) is 22.4. The average molecular weight is 483 g/mol. The number of nitrogens with two attached hydrogens (primary N) is 1. The first-order valence-electron chi connectivity index (χ1n) is 9.54. The monoisotopic (exact) mass is 482 g/mol. The summed E-state index contributed by atoms with van der Waals surface area (Å²) >= 11 is 0. The Morgan fingerprint density at radius 2 is 1.36 bits per heavy atom. The summed E-state index contributed by atoms with van der Waals surface area (Å²) in [6.45, 7) is 0. The van der Waals surface area contributed by atoms with E-state index in [1.165, 1.54) is 36.4 Å². The molecule has 11 heteroatoms. The Hall–Kier alpha value is -3.80. The molecule has 4 rings (SSSR count). The second kappa shape index (κ2) is 8.98. The van der Waals surface area contributed by atoms with Gasteiger partial charge in [-0.05, 0) is 36.4 Å². The van der Waals surface area contributed by atoms with Gasteiger partial charge in [0.15, 0.2) is 0 Å². The lowest BCUT2D eigenvalue weighted by Crippen LogP contribution is -2.15. The highest BCUT2D eigenvalue weighted by molar-refractivity contribution is 7.92. The summed E-state index contributed by atoms with van der Waals surface area (Å²) in [5.74, 6) is 0.276. The number of nitrogens with zero attached hydrogens (tertiary/aromatic N) is 2.